The molecule has 0 saturated carbocycles. The predicted molar refractivity (Wildman–Crippen MR) is 117 cm³/mol. The lowest BCUT2D eigenvalue weighted by Gasteiger charge is -2.10. The Morgan fingerprint density at radius 1 is 1.03 bits per heavy atom. The van der Waals surface area contributed by atoms with E-state index in [2.05, 4.69) is 14.9 Å². The molecule has 2 aromatic heterocycles. The Hall–Kier alpha value is -3.04. The third-order valence-electron chi connectivity index (χ3n) is 4.38. The van der Waals surface area contributed by atoms with Gasteiger partial charge in [0.2, 0.25) is 0 Å². The van der Waals surface area contributed by atoms with Gasteiger partial charge in [-0.3, -0.25) is 9.36 Å². The van der Waals surface area contributed by atoms with Crippen molar-refractivity contribution in [1.82, 2.24) is 14.8 Å². The summed E-state index contributed by atoms with van der Waals surface area (Å²) < 4.78 is 30.9. The minimum absolute atomic E-state index is 0.0161. The number of halogens is 2. The van der Waals surface area contributed by atoms with E-state index < -0.39 is 6.61 Å². The molecule has 2 heterocycles. The maximum absolute atomic E-state index is 12.6. The topological polar surface area (TPSA) is 57.0 Å². The molecule has 0 aliphatic heterocycles. The van der Waals surface area contributed by atoms with Crippen molar-refractivity contribution < 1.29 is 18.3 Å². The number of ketones is 1. The van der Waals surface area contributed by atoms with Crippen molar-refractivity contribution in [1.29, 1.82) is 0 Å². The van der Waals surface area contributed by atoms with Crippen LogP contribution in [0.3, 0.4) is 0 Å². The monoisotopic (exact) mass is 457 g/mol. The molecule has 0 radical (unpaired) electrons. The molecular weight excluding hydrogens is 440 g/mol. The number of alkyl halides is 2. The van der Waals surface area contributed by atoms with Crippen LogP contribution < -0.4 is 4.74 Å². The number of nitrogens with zero attached hydrogens (tertiary/aromatic N) is 3. The Balaban J connectivity index is 1.51. The van der Waals surface area contributed by atoms with Gasteiger partial charge in [-0.05, 0) is 41.3 Å². The first-order chi connectivity index (χ1) is 15.1. The number of hydrogen-bond acceptors (Lipinski definition) is 6. The number of thioether (sulfide) groups is 1. The molecule has 0 aliphatic carbocycles. The molecule has 0 aliphatic rings. The number of rotatable bonds is 9. The van der Waals surface area contributed by atoms with Gasteiger partial charge < -0.3 is 4.74 Å². The SMILES string of the molecule is O=C(CSc1nnc(-c2cccs2)n1Cc1ccccc1)c1ccc(OC(F)F)cc1. The van der Waals surface area contributed by atoms with Crippen LogP contribution in [0.25, 0.3) is 10.7 Å². The van der Waals surface area contributed by atoms with Gasteiger partial charge in [0.1, 0.15) is 5.75 Å². The van der Waals surface area contributed by atoms with Crippen molar-refractivity contribution >= 4 is 28.9 Å². The Morgan fingerprint density at radius 2 is 1.81 bits per heavy atom. The fourth-order valence-electron chi connectivity index (χ4n) is 2.93. The third kappa shape index (κ3) is 5.36. The molecule has 5 nitrogen and oxygen atoms in total. The summed E-state index contributed by atoms with van der Waals surface area (Å²) in [6, 6.07) is 19.6. The molecule has 0 amide bonds. The van der Waals surface area contributed by atoms with Crippen LogP contribution in [0, 0.1) is 0 Å². The van der Waals surface area contributed by atoms with E-state index in [1.165, 1.54) is 36.0 Å². The third-order valence-corrected chi connectivity index (χ3v) is 6.21. The molecule has 0 bridgehead atoms. The normalized spacial score (nSPS) is 11.1. The summed E-state index contributed by atoms with van der Waals surface area (Å²) in [4.78, 5) is 13.6. The van der Waals surface area contributed by atoms with Crippen LogP contribution in [0.5, 0.6) is 5.75 Å². The van der Waals surface area contributed by atoms with E-state index in [9.17, 15) is 13.6 Å². The van der Waals surface area contributed by atoms with Crippen molar-refractivity contribution in [3.8, 4) is 16.5 Å². The number of ether oxygens (including phenoxy) is 1. The predicted octanol–water partition coefficient (Wildman–Crippen LogP) is 5.63. The Labute approximate surface area is 185 Å². The number of carbonyl (C=O) groups excluding carboxylic acids is 1. The summed E-state index contributed by atoms with van der Waals surface area (Å²) in [6.07, 6.45) is 0. The molecule has 4 rings (SSSR count). The Morgan fingerprint density at radius 3 is 2.48 bits per heavy atom. The zero-order valence-corrected chi connectivity index (χ0v) is 17.8. The second-order valence-electron chi connectivity index (χ2n) is 6.47. The zero-order valence-electron chi connectivity index (χ0n) is 16.2. The van der Waals surface area contributed by atoms with E-state index in [4.69, 9.17) is 0 Å². The van der Waals surface area contributed by atoms with Gasteiger partial charge in [-0.25, -0.2) is 0 Å². The van der Waals surface area contributed by atoms with E-state index in [0.717, 1.165) is 16.3 Å². The molecule has 0 N–H and O–H groups in total. The lowest BCUT2D eigenvalue weighted by Crippen LogP contribution is -2.07. The molecular formula is C22H17F2N3O2S2. The van der Waals surface area contributed by atoms with Crippen LogP contribution in [0.2, 0.25) is 0 Å². The maximum Gasteiger partial charge on any atom is 0.387 e. The maximum atomic E-state index is 12.6. The number of aromatic nitrogens is 3. The fourth-order valence-corrected chi connectivity index (χ4v) is 4.48. The van der Waals surface area contributed by atoms with Crippen LogP contribution in [0.4, 0.5) is 8.78 Å². The van der Waals surface area contributed by atoms with Crippen LogP contribution in [-0.2, 0) is 6.54 Å². The number of carbonyl (C=O) groups is 1. The smallest absolute Gasteiger partial charge is 0.387 e. The summed E-state index contributed by atoms with van der Waals surface area (Å²) in [5, 5.41) is 11.3. The highest BCUT2D eigenvalue weighted by atomic mass is 32.2. The number of benzene rings is 2. The molecule has 4 aromatic rings. The molecule has 0 atom stereocenters. The highest BCUT2D eigenvalue weighted by Gasteiger charge is 2.17. The Kier molecular flexibility index (Phi) is 6.73. The van der Waals surface area contributed by atoms with E-state index in [1.807, 2.05) is 52.4 Å². The van der Waals surface area contributed by atoms with Crippen LogP contribution in [0.15, 0.2) is 77.3 Å². The average molecular weight is 458 g/mol. The number of thiophene rings is 1. The lowest BCUT2D eigenvalue weighted by molar-refractivity contribution is -0.0498. The van der Waals surface area contributed by atoms with Gasteiger partial charge in [0.05, 0.1) is 17.2 Å². The van der Waals surface area contributed by atoms with E-state index in [0.29, 0.717) is 17.3 Å². The lowest BCUT2D eigenvalue weighted by atomic mass is 10.1. The molecule has 0 unspecified atom stereocenters. The second kappa shape index (κ2) is 9.84. The minimum Gasteiger partial charge on any atom is -0.435 e. The molecule has 0 saturated heterocycles. The zero-order chi connectivity index (χ0) is 21.6. The van der Waals surface area contributed by atoms with Gasteiger partial charge in [0.15, 0.2) is 16.8 Å². The minimum atomic E-state index is -2.90. The summed E-state index contributed by atoms with van der Waals surface area (Å²) in [6.45, 7) is -2.32. The van der Waals surface area contributed by atoms with E-state index in [-0.39, 0.29) is 17.3 Å². The van der Waals surface area contributed by atoms with Crippen molar-refractivity contribution in [2.45, 2.75) is 18.3 Å². The Bertz CT molecular complexity index is 1130. The van der Waals surface area contributed by atoms with Crippen LogP contribution >= 0.6 is 23.1 Å². The second-order valence-corrected chi connectivity index (χ2v) is 8.36. The molecule has 0 spiro atoms. The average Bonchev–Trinajstić information content (AvgIpc) is 3.43. The molecule has 158 valence electrons. The standard InChI is InChI=1S/C22H17F2N3O2S2/c23-21(24)29-17-10-8-16(9-11-17)18(28)14-31-22-26-25-20(19-7-4-12-30-19)27(22)13-15-5-2-1-3-6-15/h1-12,21H,13-14H2. The summed E-state index contributed by atoms with van der Waals surface area (Å²) in [5.41, 5.74) is 1.52. The van der Waals surface area contributed by atoms with Gasteiger partial charge >= 0.3 is 6.61 Å². The summed E-state index contributed by atoms with van der Waals surface area (Å²) >= 11 is 2.87. The summed E-state index contributed by atoms with van der Waals surface area (Å²) in [5.74, 6) is 0.775. The highest BCUT2D eigenvalue weighted by molar-refractivity contribution is 7.99. The van der Waals surface area contributed by atoms with E-state index in [1.54, 1.807) is 11.3 Å². The van der Waals surface area contributed by atoms with Crippen molar-refractivity contribution in [2.24, 2.45) is 0 Å². The van der Waals surface area contributed by atoms with E-state index >= 15 is 0 Å². The summed E-state index contributed by atoms with van der Waals surface area (Å²) in [7, 11) is 0. The first-order valence-corrected chi connectivity index (χ1v) is 11.2. The molecule has 0 fully saturated rings. The quantitative estimate of drug-likeness (QED) is 0.241. The number of hydrogen-bond donors (Lipinski definition) is 0. The van der Waals surface area contributed by atoms with Gasteiger partial charge in [-0.2, -0.15) is 8.78 Å². The van der Waals surface area contributed by atoms with Crippen molar-refractivity contribution in [2.75, 3.05) is 5.75 Å². The molecule has 2 aromatic carbocycles. The van der Waals surface area contributed by atoms with Crippen molar-refractivity contribution in [3.05, 3.63) is 83.2 Å². The molecule has 9 heteroatoms. The largest absolute Gasteiger partial charge is 0.435 e. The van der Waals surface area contributed by atoms with Crippen molar-refractivity contribution in [3.63, 3.8) is 0 Å². The fraction of sp³-hybridized carbons (Fsp3) is 0.136. The first kappa shape index (κ1) is 21.2. The van der Waals surface area contributed by atoms with Gasteiger partial charge in [-0.1, -0.05) is 48.2 Å². The van der Waals surface area contributed by atoms with Gasteiger partial charge in [0, 0.05) is 5.56 Å². The highest BCUT2D eigenvalue weighted by Crippen LogP contribution is 2.28. The first-order valence-electron chi connectivity index (χ1n) is 9.32. The van der Waals surface area contributed by atoms with Gasteiger partial charge in [-0.15, -0.1) is 21.5 Å². The van der Waals surface area contributed by atoms with Crippen LogP contribution in [0.1, 0.15) is 15.9 Å². The molecule has 31 heavy (non-hydrogen) atoms. The van der Waals surface area contributed by atoms with Crippen LogP contribution in [-0.4, -0.2) is 32.9 Å². The number of Topliss-reactive ketones (excluding diaryl/α,β-unsaturated/α-hetero) is 1. The van der Waals surface area contributed by atoms with Gasteiger partial charge in [0.25, 0.3) is 0 Å².